The number of ether oxygens (including phenoxy) is 2. The Morgan fingerprint density at radius 3 is 2.65 bits per heavy atom. The number of rotatable bonds is 5. The number of nitrogens with zero attached hydrogens (tertiary/aromatic N) is 1. The lowest BCUT2D eigenvalue weighted by Crippen LogP contribution is -2.35. The molecule has 1 unspecified atom stereocenters. The van der Waals surface area contributed by atoms with Gasteiger partial charge in [0, 0.05) is 30.9 Å². The number of carbonyl (C=O) groups excluding carboxylic acids is 2. The Balaban J connectivity index is 1.39. The van der Waals surface area contributed by atoms with E-state index < -0.39 is 6.10 Å². The molecule has 5 rings (SSSR count). The van der Waals surface area contributed by atoms with Crippen LogP contribution in [0.25, 0.3) is 11.1 Å². The number of hydrogen-bond acceptors (Lipinski definition) is 5. The molecule has 2 N–H and O–H groups in total. The molecule has 2 aliphatic heterocycles. The van der Waals surface area contributed by atoms with Gasteiger partial charge in [0.2, 0.25) is 0 Å². The van der Waals surface area contributed by atoms with Gasteiger partial charge >= 0.3 is 0 Å². The summed E-state index contributed by atoms with van der Waals surface area (Å²) < 4.78 is 11.1. The highest BCUT2D eigenvalue weighted by Gasteiger charge is 2.24. The van der Waals surface area contributed by atoms with E-state index in [1.54, 1.807) is 25.1 Å². The Labute approximate surface area is 198 Å². The van der Waals surface area contributed by atoms with Gasteiger partial charge in [-0.25, -0.2) is 0 Å². The van der Waals surface area contributed by atoms with Crippen molar-refractivity contribution in [2.75, 3.05) is 36.9 Å². The summed E-state index contributed by atoms with van der Waals surface area (Å²) in [5, 5.41) is 5.76. The molecule has 1 saturated heterocycles. The first-order valence-electron chi connectivity index (χ1n) is 11.5. The minimum atomic E-state index is -0.541. The fourth-order valence-corrected chi connectivity index (χ4v) is 4.26. The molecule has 2 aliphatic rings. The zero-order valence-corrected chi connectivity index (χ0v) is 19.0. The van der Waals surface area contributed by atoms with Crippen molar-refractivity contribution in [1.82, 2.24) is 4.90 Å². The second-order valence-corrected chi connectivity index (χ2v) is 8.54. The van der Waals surface area contributed by atoms with Gasteiger partial charge in [-0.2, -0.15) is 0 Å². The van der Waals surface area contributed by atoms with Gasteiger partial charge in [-0.15, -0.1) is 0 Å². The Morgan fingerprint density at radius 2 is 1.85 bits per heavy atom. The summed E-state index contributed by atoms with van der Waals surface area (Å²) in [4.78, 5) is 27.4. The highest BCUT2D eigenvalue weighted by molar-refractivity contribution is 6.05. The first-order valence-corrected chi connectivity index (χ1v) is 11.5. The topological polar surface area (TPSA) is 79.9 Å². The SMILES string of the molecule is CC1Oc2ccc(NC(=O)c3ccc(-c4ccccc4)c(CN4CCOCC4)c3)cc2NC1=O. The van der Waals surface area contributed by atoms with Crippen molar-refractivity contribution in [3.05, 3.63) is 77.9 Å². The molecule has 0 aromatic heterocycles. The Bertz CT molecular complexity index is 1210. The van der Waals surface area contributed by atoms with E-state index in [-0.39, 0.29) is 11.8 Å². The summed E-state index contributed by atoms with van der Waals surface area (Å²) in [7, 11) is 0. The monoisotopic (exact) mass is 457 g/mol. The maximum atomic E-state index is 13.1. The average Bonchev–Trinajstić information content (AvgIpc) is 2.86. The molecule has 0 spiro atoms. The molecule has 34 heavy (non-hydrogen) atoms. The fourth-order valence-electron chi connectivity index (χ4n) is 4.26. The van der Waals surface area contributed by atoms with Crippen LogP contribution in [0.1, 0.15) is 22.8 Å². The third kappa shape index (κ3) is 4.81. The molecule has 3 aromatic carbocycles. The van der Waals surface area contributed by atoms with Crippen molar-refractivity contribution >= 4 is 23.2 Å². The predicted octanol–water partition coefficient (Wildman–Crippen LogP) is 4.16. The molecule has 0 bridgehead atoms. The van der Waals surface area contributed by atoms with Crippen LogP contribution in [0.5, 0.6) is 5.75 Å². The van der Waals surface area contributed by atoms with E-state index >= 15 is 0 Å². The van der Waals surface area contributed by atoms with Crippen molar-refractivity contribution in [3.8, 4) is 16.9 Å². The minimum Gasteiger partial charge on any atom is -0.479 e. The lowest BCUT2D eigenvalue weighted by Gasteiger charge is -2.27. The van der Waals surface area contributed by atoms with Gasteiger partial charge in [-0.05, 0) is 53.9 Å². The summed E-state index contributed by atoms with van der Waals surface area (Å²) in [6.45, 7) is 5.62. The van der Waals surface area contributed by atoms with E-state index in [0.29, 0.717) is 22.7 Å². The minimum absolute atomic E-state index is 0.208. The van der Waals surface area contributed by atoms with E-state index in [1.807, 2.05) is 36.4 Å². The standard InChI is InChI=1S/C27H27N3O4/c1-18-26(31)29-24-16-22(8-10-25(24)34-18)28-27(32)20-7-9-23(19-5-3-2-4-6-19)21(15-20)17-30-11-13-33-14-12-30/h2-10,15-16,18H,11-14,17H2,1H3,(H,28,32)(H,29,31). The van der Waals surface area contributed by atoms with Gasteiger partial charge in [0.25, 0.3) is 11.8 Å². The third-order valence-electron chi connectivity index (χ3n) is 6.12. The van der Waals surface area contributed by atoms with Gasteiger partial charge in [0.15, 0.2) is 6.10 Å². The first kappa shape index (κ1) is 22.1. The van der Waals surface area contributed by atoms with E-state index in [9.17, 15) is 9.59 Å². The van der Waals surface area contributed by atoms with E-state index in [1.165, 1.54) is 0 Å². The molecule has 7 nitrogen and oxygen atoms in total. The Kier molecular flexibility index (Phi) is 6.29. The quantitative estimate of drug-likeness (QED) is 0.602. The largest absolute Gasteiger partial charge is 0.479 e. The highest BCUT2D eigenvalue weighted by Crippen LogP contribution is 2.32. The van der Waals surface area contributed by atoms with Gasteiger partial charge in [-0.3, -0.25) is 14.5 Å². The predicted molar refractivity (Wildman–Crippen MR) is 131 cm³/mol. The Morgan fingerprint density at radius 1 is 1.06 bits per heavy atom. The molecule has 0 saturated carbocycles. The van der Waals surface area contributed by atoms with Crippen LogP contribution in [0, 0.1) is 0 Å². The van der Waals surface area contributed by atoms with Crippen LogP contribution >= 0.6 is 0 Å². The molecule has 3 aromatic rings. The summed E-state index contributed by atoms with van der Waals surface area (Å²) in [5.74, 6) is 0.171. The van der Waals surface area contributed by atoms with Crippen LogP contribution in [0.4, 0.5) is 11.4 Å². The highest BCUT2D eigenvalue weighted by atomic mass is 16.5. The maximum absolute atomic E-state index is 13.1. The summed E-state index contributed by atoms with van der Waals surface area (Å²) in [5.41, 5.74) is 5.05. The van der Waals surface area contributed by atoms with E-state index in [2.05, 4.69) is 27.7 Å². The molecule has 2 amide bonds. The number of nitrogens with one attached hydrogen (secondary N) is 2. The number of anilines is 2. The van der Waals surface area contributed by atoms with Crippen LogP contribution in [0.15, 0.2) is 66.7 Å². The van der Waals surface area contributed by atoms with Crippen LogP contribution in [-0.2, 0) is 16.1 Å². The van der Waals surface area contributed by atoms with Crippen LogP contribution in [0.3, 0.4) is 0 Å². The van der Waals surface area contributed by atoms with Crippen molar-refractivity contribution < 1.29 is 19.1 Å². The van der Waals surface area contributed by atoms with Gasteiger partial charge in [0.05, 0.1) is 18.9 Å². The number of amides is 2. The Hall–Kier alpha value is -3.68. The molecule has 174 valence electrons. The number of benzene rings is 3. The smallest absolute Gasteiger partial charge is 0.265 e. The van der Waals surface area contributed by atoms with Crippen LogP contribution in [-0.4, -0.2) is 49.1 Å². The third-order valence-corrected chi connectivity index (χ3v) is 6.12. The zero-order chi connectivity index (χ0) is 23.5. The normalized spacial score (nSPS) is 17.9. The number of hydrogen-bond donors (Lipinski definition) is 2. The van der Waals surface area contributed by atoms with E-state index in [4.69, 9.17) is 9.47 Å². The second kappa shape index (κ2) is 9.67. The van der Waals surface area contributed by atoms with Gasteiger partial charge < -0.3 is 20.1 Å². The van der Waals surface area contributed by atoms with Crippen molar-refractivity contribution in [2.24, 2.45) is 0 Å². The molecule has 1 atom stereocenters. The molecule has 0 radical (unpaired) electrons. The van der Waals surface area contributed by atoms with Crippen molar-refractivity contribution in [3.63, 3.8) is 0 Å². The summed E-state index contributed by atoms with van der Waals surface area (Å²) >= 11 is 0. The van der Waals surface area contributed by atoms with Crippen molar-refractivity contribution in [2.45, 2.75) is 19.6 Å². The number of carbonyl (C=O) groups is 2. The average molecular weight is 458 g/mol. The molecular formula is C27H27N3O4. The fraction of sp³-hybridized carbons (Fsp3) is 0.259. The van der Waals surface area contributed by atoms with Crippen LogP contribution < -0.4 is 15.4 Å². The lowest BCUT2D eigenvalue weighted by atomic mass is 9.96. The zero-order valence-electron chi connectivity index (χ0n) is 19.0. The lowest BCUT2D eigenvalue weighted by molar-refractivity contribution is -0.122. The molecule has 0 aliphatic carbocycles. The van der Waals surface area contributed by atoms with Gasteiger partial charge in [-0.1, -0.05) is 36.4 Å². The molecule has 1 fully saturated rings. The summed E-state index contributed by atoms with van der Waals surface area (Å²) in [6, 6.07) is 21.3. The van der Waals surface area contributed by atoms with E-state index in [0.717, 1.165) is 49.5 Å². The summed E-state index contributed by atoms with van der Waals surface area (Å²) in [6.07, 6.45) is -0.541. The van der Waals surface area contributed by atoms with Crippen LogP contribution in [0.2, 0.25) is 0 Å². The van der Waals surface area contributed by atoms with Crippen molar-refractivity contribution in [1.29, 1.82) is 0 Å². The van der Waals surface area contributed by atoms with Gasteiger partial charge in [0.1, 0.15) is 5.75 Å². The molecular weight excluding hydrogens is 430 g/mol. The molecule has 2 heterocycles. The first-order chi connectivity index (χ1) is 16.6. The number of fused-ring (bicyclic) bond motifs is 1. The molecule has 7 heteroatoms. The number of morpholine rings is 1. The second-order valence-electron chi connectivity index (χ2n) is 8.54. The maximum Gasteiger partial charge on any atom is 0.265 e.